The maximum absolute atomic E-state index is 3.82. The summed E-state index contributed by atoms with van der Waals surface area (Å²) in [5, 5.41) is 0. The molecule has 3 aromatic carbocycles. The number of rotatable bonds is 3. The van der Waals surface area contributed by atoms with Crippen LogP contribution in [0.25, 0.3) is 28.3 Å². The molecule has 114 valence electrons. The summed E-state index contributed by atoms with van der Waals surface area (Å²) in [7, 11) is 0. The summed E-state index contributed by atoms with van der Waals surface area (Å²) in [5.74, 6) is 0. The third kappa shape index (κ3) is 2.98. The Balaban J connectivity index is 2.06. The monoisotopic (exact) mass is 298 g/mol. The molecule has 0 spiro atoms. The van der Waals surface area contributed by atoms with Gasteiger partial charge in [0.05, 0.1) is 0 Å². The van der Waals surface area contributed by atoms with Crippen LogP contribution < -0.4 is 0 Å². The maximum atomic E-state index is 3.82. The van der Waals surface area contributed by atoms with Crippen LogP contribution in [0.4, 0.5) is 0 Å². The normalized spacial score (nSPS) is 10.6. The molecule has 0 aliphatic carbocycles. The predicted molar refractivity (Wildman–Crippen MR) is 102 cm³/mol. The molecule has 0 bridgehead atoms. The van der Waals surface area contributed by atoms with Crippen molar-refractivity contribution >= 4 is 6.08 Å². The highest BCUT2D eigenvalue weighted by Crippen LogP contribution is 2.32. The number of hydrogen-bond acceptors (Lipinski definition) is 0. The van der Waals surface area contributed by atoms with Crippen LogP contribution in [0.1, 0.15) is 22.3 Å². The fraction of sp³-hybridized carbons (Fsp3) is 0.130. The van der Waals surface area contributed by atoms with E-state index in [0.717, 1.165) is 5.56 Å². The van der Waals surface area contributed by atoms with E-state index >= 15 is 0 Å². The van der Waals surface area contributed by atoms with Gasteiger partial charge in [0, 0.05) is 0 Å². The average Bonchev–Trinajstić information content (AvgIpc) is 2.58. The Bertz CT molecular complexity index is 834. The maximum Gasteiger partial charge on any atom is -0.0152 e. The van der Waals surface area contributed by atoms with Crippen molar-refractivity contribution < 1.29 is 0 Å². The lowest BCUT2D eigenvalue weighted by molar-refractivity contribution is 1.33. The van der Waals surface area contributed by atoms with Crippen LogP contribution in [0.15, 0.2) is 67.2 Å². The van der Waals surface area contributed by atoms with Crippen LogP contribution in [0, 0.1) is 20.8 Å². The second kappa shape index (κ2) is 6.26. The summed E-state index contributed by atoms with van der Waals surface area (Å²) < 4.78 is 0. The molecule has 0 radical (unpaired) electrons. The van der Waals surface area contributed by atoms with Crippen LogP contribution in [-0.2, 0) is 0 Å². The highest BCUT2D eigenvalue weighted by molar-refractivity contribution is 5.77. The van der Waals surface area contributed by atoms with Gasteiger partial charge in [-0.05, 0) is 59.7 Å². The molecule has 3 aromatic rings. The molecule has 0 heterocycles. The molecule has 0 atom stereocenters. The smallest absolute Gasteiger partial charge is 0.0152 e. The quantitative estimate of drug-likeness (QED) is 0.511. The van der Waals surface area contributed by atoms with E-state index in [4.69, 9.17) is 0 Å². The third-order valence-electron chi connectivity index (χ3n) is 4.61. The lowest BCUT2D eigenvalue weighted by atomic mass is 9.90. The van der Waals surface area contributed by atoms with E-state index < -0.39 is 0 Å². The van der Waals surface area contributed by atoms with Crippen molar-refractivity contribution in [2.24, 2.45) is 0 Å². The van der Waals surface area contributed by atoms with Gasteiger partial charge in [0.25, 0.3) is 0 Å². The minimum Gasteiger partial charge on any atom is -0.0985 e. The van der Waals surface area contributed by atoms with Crippen molar-refractivity contribution in [1.82, 2.24) is 0 Å². The Kier molecular flexibility index (Phi) is 4.16. The second-order valence-corrected chi connectivity index (χ2v) is 6.10. The van der Waals surface area contributed by atoms with Gasteiger partial charge in [-0.3, -0.25) is 0 Å². The second-order valence-electron chi connectivity index (χ2n) is 6.10. The molecule has 0 N–H and O–H groups in total. The summed E-state index contributed by atoms with van der Waals surface area (Å²) in [6.07, 6.45) is 1.88. The van der Waals surface area contributed by atoms with Crippen LogP contribution in [0.2, 0.25) is 0 Å². The topological polar surface area (TPSA) is 0 Å². The lowest BCUT2D eigenvalue weighted by Crippen LogP contribution is -1.92. The van der Waals surface area contributed by atoms with E-state index in [-0.39, 0.29) is 0 Å². The molecular formula is C23H22. The van der Waals surface area contributed by atoms with Gasteiger partial charge in [-0.1, -0.05) is 78.9 Å². The van der Waals surface area contributed by atoms with Gasteiger partial charge < -0.3 is 0 Å². The van der Waals surface area contributed by atoms with E-state index in [1.54, 1.807) is 0 Å². The van der Waals surface area contributed by atoms with E-state index in [9.17, 15) is 0 Å². The zero-order valence-corrected chi connectivity index (χ0v) is 14.1. The third-order valence-corrected chi connectivity index (χ3v) is 4.61. The first-order valence-electron chi connectivity index (χ1n) is 8.00. The molecule has 0 nitrogen and oxygen atoms in total. The largest absolute Gasteiger partial charge is 0.0985 e. The van der Waals surface area contributed by atoms with Crippen molar-refractivity contribution in [2.75, 3.05) is 0 Å². The van der Waals surface area contributed by atoms with Crippen molar-refractivity contribution in [2.45, 2.75) is 20.8 Å². The number of benzene rings is 3. The van der Waals surface area contributed by atoms with Gasteiger partial charge in [0.1, 0.15) is 0 Å². The van der Waals surface area contributed by atoms with Crippen molar-refractivity contribution in [1.29, 1.82) is 0 Å². The highest BCUT2D eigenvalue weighted by atomic mass is 14.1. The first kappa shape index (κ1) is 15.3. The Morgan fingerprint density at radius 3 is 1.48 bits per heavy atom. The van der Waals surface area contributed by atoms with Gasteiger partial charge in [0.15, 0.2) is 0 Å². The van der Waals surface area contributed by atoms with Gasteiger partial charge in [-0.15, -0.1) is 0 Å². The van der Waals surface area contributed by atoms with E-state index in [2.05, 4.69) is 88.0 Å². The molecule has 0 aliphatic heterocycles. The van der Waals surface area contributed by atoms with E-state index in [1.807, 2.05) is 6.08 Å². The summed E-state index contributed by atoms with van der Waals surface area (Å²) in [6.45, 7) is 10.4. The molecule has 0 aromatic heterocycles. The average molecular weight is 298 g/mol. The molecule has 0 saturated heterocycles. The fourth-order valence-corrected chi connectivity index (χ4v) is 2.98. The summed E-state index contributed by atoms with van der Waals surface area (Å²) in [5.41, 5.74) is 10.3. The minimum atomic E-state index is 1.15. The molecule has 3 rings (SSSR count). The number of hydrogen-bond donors (Lipinski definition) is 0. The summed E-state index contributed by atoms with van der Waals surface area (Å²) in [4.78, 5) is 0. The highest BCUT2D eigenvalue weighted by Gasteiger charge is 2.09. The fourth-order valence-electron chi connectivity index (χ4n) is 2.98. The SMILES string of the molecule is C=Cc1ccc(-c2ccc(-c3ccc(C)cc3)c(C)c2C)cc1. The van der Waals surface area contributed by atoms with Gasteiger partial charge in [0.2, 0.25) is 0 Å². The lowest BCUT2D eigenvalue weighted by Gasteiger charge is -2.14. The Hall–Kier alpha value is -2.60. The van der Waals surface area contributed by atoms with Gasteiger partial charge in [-0.2, -0.15) is 0 Å². The first-order chi connectivity index (χ1) is 11.1. The van der Waals surface area contributed by atoms with Crippen LogP contribution in [0.3, 0.4) is 0 Å². The predicted octanol–water partition coefficient (Wildman–Crippen LogP) is 6.59. The van der Waals surface area contributed by atoms with Crippen molar-refractivity contribution in [3.8, 4) is 22.3 Å². The van der Waals surface area contributed by atoms with Gasteiger partial charge >= 0.3 is 0 Å². The number of aryl methyl sites for hydroxylation is 1. The Morgan fingerprint density at radius 1 is 0.609 bits per heavy atom. The molecule has 0 heteroatoms. The summed E-state index contributed by atoms with van der Waals surface area (Å²) in [6, 6.07) is 21.8. The standard InChI is InChI=1S/C23H22/c1-5-19-8-12-21(13-9-19)23-15-14-22(17(3)18(23)4)20-10-6-16(2)7-11-20/h5-15H,1H2,2-4H3. The minimum absolute atomic E-state index is 1.15. The van der Waals surface area contributed by atoms with E-state index in [0.29, 0.717) is 0 Å². The first-order valence-corrected chi connectivity index (χ1v) is 8.00. The van der Waals surface area contributed by atoms with Crippen LogP contribution in [-0.4, -0.2) is 0 Å². The molecule has 0 amide bonds. The van der Waals surface area contributed by atoms with Crippen LogP contribution >= 0.6 is 0 Å². The van der Waals surface area contributed by atoms with E-state index in [1.165, 1.54) is 38.9 Å². The van der Waals surface area contributed by atoms with Crippen molar-refractivity contribution in [3.63, 3.8) is 0 Å². The summed E-state index contributed by atoms with van der Waals surface area (Å²) >= 11 is 0. The molecule has 0 unspecified atom stereocenters. The Morgan fingerprint density at radius 2 is 1.04 bits per heavy atom. The van der Waals surface area contributed by atoms with Gasteiger partial charge in [-0.25, -0.2) is 0 Å². The van der Waals surface area contributed by atoms with Crippen LogP contribution in [0.5, 0.6) is 0 Å². The zero-order valence-electron chi connectivity index (χ0n) is 14.1. The zero-order chi connectivity index (χ0) is 16.4. The molecule has 0 saturated carbocycles. The molecule has 23 heavy (non-hydrogen) atoms. The van der Waals surface area contributed by atoms with Crippen molar-refractivity contribution in [3.05, 3.63) is 89.5 Å². The Labute approximate surface area is 139 Å². The molecule has 0 fully saturated rings. The molecular weight excluding hydrogens is 276 g/mol. The molecule has 0 aliphatic rings.